The van der Waals surface area contributed by atoms with E-state index in [1.807, 2.05) is 66.7 Å². The van der Waals surface area contributed by atoms with Gasteiger partial charge in [0.25, 0.3) is 0 Å². The Morgan fingerprint density at radius 2 is 1.29 bits per heavy atom. The summed E-state index contributed by atoms with van der Waals surface area (Å²) in [5.41, 5.74) is 0.646. The van der Waals surface area contributed by atoms with Crippen molar-refractivity contribution in [3.8, 4) is 5.75 Å². The Kier molecular flexibility index (Phi) is 5.09. The van der Waals surface area contributed by atoms with Gasteiger partial charge in [0.1, 0.15) is 11.9 Å². The first kappa shape index (κ1) is 16.4. The fraction of sp³-hybridized carbons (Fsp3) is 0. The van der Waals surface area contributed by atoms with Gasteiger partial charge in [-0.1, -0.05) is 84.6 Å². The highest BCUT2D eigenvalue weighted by molar-refractivity contribution is 8.20. The molecule has 0 aliphatic heterocycles. The first-order chi connectivity index (χ1) is 11.7. The van der Waals surface area contributed by atoms with Gasteiger partial charge in [-0.05, 0) is 12.1 Å². The zero-order valence-electron chi connectivity index (χ0n) is 12.9. The summed E-state index contributed by atoms with van der Waals surface area (Å²) in [7, 11) is 0. The zero-order valence-corrected chi connectivity index (χ0v) is 14.6. The zero-order chi connectivity index (χ0) is 16.8. The second kappa shape index (κ2) is 7.43. The SMILES string of the molecule is Oc1ccccc1C=NNP(=S)(c1ccccc1)c1ccccc1. The van der Waals surface area contributed by atoms with Crippen LogP contribution in [0, 0.1) is 0 Å². The Morgan fingerprint density at radius 3 is 1.83 bits per heavy atom. The van der Waals surface area contributed by atoms with Gasteiger partial charge < -0.3 is 5.11 Å². The molecule has 0 saturated carbocycles. The molecule has 0 spiro atoms. The van der Waals surface area contributed by atoms with Crippen LogP contribution in [0.1, 0.15) is 5.56 Å². The van der Waals surface area contributed by atoms with Gasteiger partial charge >= 0.3 is 0 Å². The third kappa shape index (κ3) is 3.56. The van der Waals surface area contributed by atoms with E-state index in [0.29, 0.717) is 5.56 Å². The van der Waals surface area contributed by atoms with E-state index in [1.54, 1.807) is 24.4 Å². The summed E-state index contributed by atoms with van der Waals surface area (Å²) < 4.78 is 0. The quantitative estimate of drug-likeness (QED) is 0.420. The van der Waals surface area contributed by atoms with Crippen LogP contribution < -0.4 is 15.8 Å². The summed E-state index contributed by atoms with van der Waals surface area (Å²) >= 11 is 6.01. The number of phenolic OH excluding ortho intramolecular Hbond substituents is 1. The number of hydrazone groups is 1. The molecule has 120 valence electrons. The topological polar surface area (TPSA) is 44.6 Å². The lowest BCUT2D eigenvalue weighted by atomic mass is 10.2. The molecule has 0 atom stereocenters. The number of benzene rings is 3. The fourth-order valence-electron chi connectivity index (χ4n) is 2.32. The molecule has 3 aromatic carbocycles. The number of nitrogens with zero attached hydrogens (tertiary/aromatic N) is 1. The molecule has 3 aromatic rings. The number of rotatable bonds is 5. The minimum Gasteiger partial charge on any atom is -0.507 e. The van der Waals surface area contributed by atoms with Gasteiger partial charge in [0.2, 0.25) is 0 Å². The molecular formula is C19H17N2OPS. The molecule has 0 amide bonds. The van der Waals surface area contributed by atoms with Crippen molar-refractivity contribution in [2.24, 2.45) is 5.10 Å². The number of hydrogen-bond donors (Lipinski definition) is 2. The molecular weight excluding hydrogens is 335 g/mol. The highest BCUT2D eigenvalue weighted by Crippen LogP contribution is 2.38. The Hall–Kier alpha value is -2.42. The molecule has 3 nitrogen and oxygen atoms in total. The molecule has 0 fully saturated rings. The molecule has 0 aliphatic carbocycles. The lowest BCUT2D eigenvalue weighted by Gasteiger charge is -2.22. The van der Waals surface area contributed by atoms with Gasteiger partial charge in [-0.25, -0.2) is 0 Å². The van der Waals surface area contributed by atoms with Crippen molar-refractivity contribution in [3.63, 3.8) is 0 Å². The van der Waals surface area contributed by atoms with E-state index < -0.39 is 6.19 Å². The first-order valence-electron chi connectivity index (χ1n) is 7.50. The van der Waals surface area contributed by atoms with Crippen LogP contribution >= 0.6 is 6.19 Å². The van der Waals surface area contributed by atoms with Gasteiger partial charge in [0, 0.05) is 16.2 Å². The molecule has 0 radical (unpaired) electrons. The number of phenols is 1. The van der Waals surface area contributed by atoms with E-state index in [0.717, 1.165) is 10.6 Å². The lowest BCUT2D eigenvalue weighted by molar-refractivity contribution is 0.474. The van der Waals surface area contributed by atoms with Crippen LogP contribution in [-0.4, -0.2) is 11.3 Å². The predicted octanol–water partition coefficient (Wildman–Crippen LogP) is 3.36. The molecule has 0 unspecified atom stereocenters. The summed E-state index contributed by atoms with van der Waals surface area (Å²) in [6.45, 7) is 0. The average molecular weight is 352 g/mol. The van der Waals surface area contributed by atoms with Crippen LogP contribution in [0.25, 0.3) is 0 Å². The Morgan fingerprint density at radius 1 is 0.792 bits per heavy atom. The smallest absolute Gasteiger partial charge is 0.124 e. The van der Waals surface area contributed by atoms with E-state index >= 15 is 0 Å². The van der Waals surface area contributed by atoms with Crippen molar-refractivity contribution in [2.75, 3.05) is 0 Å². The largest absolute Gasteiger partial charge is 0.507 e. The maximum absolute atomic E-state index is 9.84. The second-order valence-electron chi connectivity index (χ2n) is 5.20. The van der Waals surface area contributed by atoms with Gasteiger partial charge in [-0.15, -0.1) is 0 Å². The van der Waals surface area contributed by atoms with Gasteiger partial charge in [0.05, 0.1) is 6.21 Å². The molecule has 0 heterocycles. The van der Waals surface area contributed by atoms with Crippen molar-refractivity contribution >= 4 is 34.8 Å². The van der Waals surface area contributed by atoms with Gasteiger partial charge in [0.15, 0.2) is 0 Å². The molecule has 0 bridgehead atoms. The molecule has 3 rings (SSSR count). The molecule has 0 saturated heterocycles. The summed E-state index contributed by atoms with van der Waals surface area (Å²) in [4.78, 5) is 0. The van der Waals surface area contributed by atoms with E-state index in [4.69, 9.17) is 11.8 Å². The van der Waals surface area contributed by atoms with Crippen molar-refractivity contribution in [1.29, 1.82) is 0 Å². The lowest BCUT2D eigenvalue weighted by Crippen LogP contribution is -2.24. The fourth-order valence-corrected chi connectivity index (χ4v) is 5.12. The molecule has 0 aromatic heterocycles. The molecule has 5 heteroatoms. The second-order valence-corrected chi connectivity index (χ2v) is 9.29. The first-order valence-corrected chi connectivity index (χ1v) is 10.3. The number of hydrogen-bond acceptors (Lipinski definition) is 3. The van der Waals surface area contributed by atoms with Crippen LogP contribution in [0.2, 0.25) is 0 Å². The Labute approximate surface area is 146 Å². The highest BCUT2D eigenvalue weighted by atomic mass is 32.4. The normalized spacial score (nSPS) is 11.5. The minimum atomic E-state index is -2.27. The maximum atomic E-state index is 9.84. The van der Waals surface area contributed by atoms with Gasteiger partial charge in [-0.3, -0.25) is 5.20 Å². The summed E-state index contributed by atoms with van der Waals surface area (Å²) in [6.07, 6.45) is -0.673. The maximum Gasteiger partial charge on any atom is 0.124 e. The minimum absolute atomic E-state index is 0.191. The monoisotopic (exact) mass is 352 g/mol. The summed E-state index contributed by atoms with van der Waals surface area (Å²) in [5.74, 6) is 0.191. The van der Waals surface area contributed by atoms with Crippen molar-refractivity contribution in [3.05, 3.63) is 90.5 Å². The highest BCUT2D eigenvalue weighted by Gasteiger charge is 2.21. The summed E-state index contributed by atoms with van der Waals surface area (Å²) in [6, 6.07) is 27.0. The van der Waals surface area contributed by atoms with Crippen molar-refractivity contribution < 1.29 is 5.11 Å². The van der Waals surface area contributed by atoms with E-state index in [2.05, 4.69) is 10.3 Å². The predicted molar refractivity (Wildman–Crippen MR) is 105 cm³/mol. The van der Waals surface area contributed by atoms with E-state index in [-0.39, 0.29) is 5.75 Å². The van der Waals surface area contributed by atoms with Crippen LogP contribution in [0.4, 0.5) is 0 Å². The molecule has 2 N–H and O–H groups in total. The van der Waals surface area contributed by atoms with Gasteiger partial charge in [-0.2, -0.15) is 5.10 Å². The van der Waals surface area contributed by atoms with Crippen molar-refractivity contribution in [1.82, 2.24) is 5.20 Å². The third-order valence-corrected chi connectivity index (χ3v) is 7.54. The average Bonchev–Trinajstić information content (AvgIpc) is 2.64. The molecule has 0 aliphatic rings. The number of nitrogens with one attached hydrogen (secondary N) is 1. The third-order valence-electron chi connectivity index (χ3n) is 3.58. The van der Waals surface area contributed by atoms with E-state index in [1.165, 1.54) is 0 Å². The van der Waals surface area contributed by atoms with Crippen LogP contribution in [0.15, 0.2) is 90.0 Å². The van der Waals surface area contributed by atoms with Crippen LogP contribution in [0.3, 0.4) is 0 Å². The summed E-state index contributed by atoms with van der Waals surface area (Å²) in [5, 5.41) is 19.4. The Balaban J connectivity index is 1.95. The van der Waals surface area contributed by atoms with Crippen molar-refractivity contribution in [2.45, 2.75) is 0 Å². The Bertz CT molecular complexity index is 839. The number of aromatic hydroxyl groups is 1. The standard InChI is InChI=1S/C19H17N2OPS/c22-19-14-8-7-9-16(19)15-20-21-23(24,17-10-3-1-4-11-17)18-12-5-2-6-13-18/h1-15,22H,(H,21,24). The van der Waals surface area contributed by atoms with Crippen LogP contribution in [0.5, 0.6) is 5.75 Å². The van der Waals surface area contributed by atoms with E-state index in [9.17, 15) is 5.11 Å². The van der Waals surface area contributed by atoms with Crippen LogP contribution in [-0.2, 0) is 11.8 Å². The molecule has 24 heavy (non-hydrogen) atoms. The number of para-hydroxylation sites is 1.